The van der Waals surface area contributed by atoms with Gasteiger partial charge in [0.05, 0.1) is 19.1 Å². The molecule has 0 radical (unpaired) electrons. The largest absolute Gasteiger partial charge is 0.466 e. The Hall–Kier alpha value is -2.33. The van der Waals surface area contributed by atoms with Crippen molar-refractivity contribution < 1.29 is 14.3 Å². The van der Waals surface area contributed by atoms with Crippen molar-refractivity contribution in [3.8, 4) is 0 Å². The van der Waals surface area contributed by atoms with E-state index in [9.17, 15) is 9.59 Å². The number of halogens is 1. The summed E-state index contributed by atoms with van der Waals surface area (Å²) in [6.07, 6.45) is 0.124. The van der Waals surface area contributed by atoms with Gasteiger partial charge in [-0.2, -0.15) is 0 Å². The lowest BCUT2D eigenvalue weighted by atomic mass is 10.0. The number of fused-ring (bicyclic) bond motifs is 1. The summed E-state index contributed by atoms with van der Waals surface area (Å²) in [6.45, 7) is 2.09. The maximum absolute atomic E-state index is 12.8. The van der Waals surface area contributed by atoms with Crippen LogP contribution < -0.4 is 4.90 Å². The van der Waals surface area contributed by atoms with E-state index in [2.05, 4.69) is 0 Å². The predicted octanol–water partition coefficient (Wildman–Crippen LogP) is 3.99. The number of rotatable bonds is 4. The number of amides is 1. The summed E-state index contributed by atoms with van der Waals surface area (Å²) in [4.78, 5) is 26.4. The van der Waals surface area contributed by atoms with Gasteiger partial charge in [-0.1, -0.05) is 29.8 Å². The van der Waals surface area contributed by atoms with E-state index in [1.807, 2.05) is 18.2 Å². The molecule has 0 saturated carbocycles. The molecule has 118 valence electrons. The molecular weight excluding hydrogens is 314 g/mol. The molecule has 3 rings (SSSR count). The maximum atomic E-state index is 12.8. The molecule has 2 aromatic carbocycles. The summed E-state index contributed by atoms with van der Waals surface area (Å²) in [7, 11) is 0. The minimum atomic E-state index is -0.362. The zero-order valence-electron chi connectivity index (χ0n) is 12.7. The molecule has 23 heavy (non-hydrogen) atoms. The van der Waals surface area contributed by atoms with Crippen molar-refractivity contribution in [2.24, 2.45) is 0 Å². The molecule has 0 aliphatic carbocycles. The molecule has 1 aliphatic rings. The third-order valence-corrected chi connectivity index (χ3v) is 4.10. The normalized spacial score (nSPS) is 16.3. The molecule has 0 fully saturated rings. The average Bonchev–Trinajstić information content (AvgIpc) is 2.82. The van der Waals surface area contributed by atoms with Crippen molar-refractivity contribution in [1.29, 1.82) is 0 Å². The maximum Gasteiger partial charge on any atom is 0.308 e. The zero-order valence-corrected chi connectivity index (χ0v) is 13.4. The van der Waals surface area contributed by atoms with Gasteiger partial charge in [-0.15, -0.1) is 0 Å². The number of ether oxygens (including phenoxy) is 1. The SMILES string of the molecule is CCOC(=O)CC1c2ccccc2C(=O)N1c1ccc(Cl)cc1. The zero-order chi connectivity index (χ0) is 16.4. The molecule has 1 aliphatic heterocycles. The second-order valence-electron chi connectivity index (χ2n) is 5.26. The molecule has 5 heteroatoms. The highest BCUT2D eigenvalue weighted by molar-refractivity contribution is 6.30. The average molecular weight is 330 g/mol. The number of anilines is 1. The lowest BCUT2D eigenvalue weighted by Gasteiger charge is -2.25. The highest BCUT2D eigenvalue weighted by Gasteiger charge is 2.38. The first-order valence-electron chi connectivity index (χ1n) is 7.45. The van der Waals surface area contributed by atoms with Crippen LogP contribution in [-0.4, -0.2) is 18.5 Å². The van der Waals surface area contributed by atoms with E-state index < -0.39 is 0 Å². The first-order valence-corrected chi connectivity index (χ1v) is 7.83. The van der Waals surface area contributed by atoms with Gasteiger partial charge < -0.3 is 9.64 Å². The Morgan fingerprint density at radius 2 is 1.87 bits per heavy atom. The van der Waals surface area contributed by atoms with E-state index >= 15 is 0 Å². The van der Waals surface area contributed by atoms with Gasteiger partial charge in [0, 0.05) is 16.3 Å². The van der Waals surface area contributed by atoms with Gasteiger partial charge in [-0.3, -0.25) is 9.59 Å². The second-order valence-corrected chi connectivity index (χ2v) is 5.70. The Balaban J connectivity index is 2.00. The number of hydrogen-bond acceptors (Lipinski definition) is 3. The Bertz CT molecular complexity index is 742. The fourth-order valence-corrected chi connectivity index (χ4v) is 3.00. The molecule has 1 unspecified atom stereocenters. The van der Waals surface area contributed by atoms with E-state index in [4.69, 9.17) is 16.3 Å². The molecule has 0 spiro atoms. The van der Waals surface area contributed by atoms with Gasteiger partial charge >= 0.3 is 5.97 Å². The van der Waals surface area contributed by atoms with E-state index in [-0.39, 0.29) is 24.3 Å². The lowest BCUT2D eigenvalue weighted by molar-refractivity contribution is -0.143. The van der Waals surface area contributed by atoms with Gasteiger partial charge in [0.25, 0.3) is 5.91 Å². The van der Waals surface area contributed by atoms with Crippen molar-refractivity contribution in [2.75, 3.05) is 11.5 Å². The van der Waals surface area contributed by atoms with Crippen LogP contribution in [0.5, 0.6) is 0 Å². The Kier molecular flexibility index (Phi) is 4.35. The number of benzene rings is 2. The summed E-state index contributed by atoms with van der Waals surface area (Å²) in [5.74, 6) is -0.432. The smallest absolute Gasteiger partial charge is 0.308 e. The molecule has 2 aromatic rings. The second kappa shape index (κ2) is 6.42. The van der Waals surface area contributed by atoms with E-state index in [0.29, 0.717) is 22.9 Å². The van der Waals surface area contributed by atoms with Crippen LogP contribution in [0.3, 0.4) is 0 Å². The molecule has 0 saturated heterocycles. The predicted molar refractivity (Wildman–Crippen MR) is 88.7 cm³/mol. The van der Waals surface area contributed by atoms with E-state index in [0.717, 1.165) is 5.56 Å². The summed E-state index contributed by atoms with van der Waals surface area (Å²) >= 11 is 5.93. The van der Waals surface area contributed by atoms with E-state index in [1.54, 1.807) is 42.2 Å². The van der Waals surface area contributed by atoms with Crippen LogP contribution in [0.15, 0.2) is 48.5 Å². The molecule has 0 bridgehead atoms. The Morgan fingerprint density at radius 3 is 2.57 bits per heavy atom. The van der Waals surface area contributed by atoms with Crippen molar-refractivity contribution >= 4 is 29.2 Å². The number of carbonyl (C=O) groups excluding carboxylic acids is 2. The van der Waals surface area contributed by atoms with Crippen LogP contribution in [0.1, 0.15) is 35.3 Å². The minimum Gasteiger partial charge on any atom is -0.466 e. The van der Waals surface area contributed by atoms with Crippen molar-refractivity contribution in [3.05, 3.63) is 64.7 Å². The summed E-state index contributed by atoms with van der Waals surface area (Å²) in [6, 6.07) is 14.0. The lowest BCUT2D eigenvalue weighted by Crippen LogP contribution is -2.29. The molecular formula is C18H16ClNO3. The third kappa shape index (κ3) is 2.94. The minimum absolute atomic E-state index is 0.114. The fraction of sp³-hybridized carbons (Fsp3) is 0.222. The standard InChI is InChI=1S/C18H16ClNO3/c1-2-23-17(21)11-16-14-5-3-4-6-15(14)18(22)20(16)13-9-7-12(19)8-10-13/h3-10,16H,2,11H2,1H3. The van der Waals surface area contributed by atoms with Gasteiger partial charge in [-0.05, 0) is 42.8 Å². The van der Waals surface area contributed by atoms with Crippen LogP contribution >= 0.6 is 11.6 Å². The van der Waals surface area contributed by atoms with E-state index in [1.165, 1.54) is 0 Å². The van der Waals surface area contributed by atoms with Crippen molar-refractivity contribution in [2.45, 2.75) is 19.4 Å². The topological polar surface area (TPSA) is 46.6 Å². The fourth-order valence-electron chi connectivity index (χ4n) is 2.87. The van der Waals surface area contributed by atoms with Gasteiger partial charge in [-0.25, -0.2) is 0 Å². The molecule has 1 atom stereocenters. The number of hydrogen-bond donors (Lipinski definition) is 0. The van der Waals surface area contributed by atoms with Crippen LogP contribution in [0.2, 0.25) is 5.02 Å². The molecule has 1 amide bonds. The van der Waals surface area contributed by atoms with Crippen LogP contribution in [0, 0.1) is 0 Å². The summed E-state index contributed by atoms with van der Waals surface area (Å²) < 4.78 is 5.06. The van der Waals surface area contributed by atoms with Crippen LogP contribution in [-0.2, 0) is 9.53 Å². The van der Waals surface area contributed by atoms with Crippen LogP contribution in [0.4, 0.5) is 5.69 Å². The molecule has 4 nitrogen and oxygen atoms in total. The molecule has 1 heterocycles. The highest BCUT2D eigenvalue weighted by atomic mass is 35.5. The van der Waals surface area contributed by atoms with Crippen molar-refractivity contribution in [3.63, 3.8) is 0 Å². The first-order chi connectivity index (χ1) is 11.1. The van der Waals surface area contributed by atoms with Crippen molar-refractivity contribution in [1.82, 2.24) is 0 Å². The molecule has 0 N–H and O–H groups in total. The number of carbonyl (C=O) groups is 2. The summed E-state index contributed by atoms with van der Waals surface area (Å²) in [5.41, 5.74) is 2.18. The van der Waals surface area contributed by atoms with Gasteiger partial charge in [0.15, 0.2) is 0 Å². The number of esters is 1. The Morgan fingerprint density at radius 1 is 1.17 bits per heavy atom. The number of nitrogens with zero attached hydrogens (tertiary/aromatic N) is 1. The van der Waals surface area contributed by atoms with Gasteiger partial charge in [0.2, 0.25) is 0 Å². The van der Waals surface area contributed by atoms with Gasteiger partial charge in [0.1, 0.15) is 0 Å². The quantitative estimate of drug-likeness (QED) is 0.797. The molecule has 0 aromatic heterocycles. The highest BCUT2D eigenvalue weighted by Crippen LogP contribution is 2.39. The third-order valence-electron chi connectivity index (χ3n) is 3.85. The summed E-state index contributed by atoms with van der Waals surface area (Å²) in [5, 5.41) is 0.597. The first kappa shape index (κ1) is 15.6. The van der Waals surface area contributed by atoms with Crippen LogP contribution in [0.25, 0.3) is 0 Å². The Labute approximate surface area is 139 Å². The monoisotopic (exact) mass is 329 g/mol.